The van der Waals surface area contributed by atoms with E-state index >= 15 is 0 Å². The molecule has 11 heteroatoms. The fourth-order valence-corrected chi connectivity index (χ4v) is 1.93. The van der Waals surface area contributed by atoms with E-state index in [2.05, 4.69) is 15.0 Å². The largest absolute Gasteiger partial charge is 0.478 e. The molecule has 2 aromatic rings. The van der Waals surface area contributed by atoms with Crippen molar-refractivity contribution in [1.29, 1.82) is 0 Å². The van der Waals surface area contributed by atoms with Gasteiger partial charge in [0, 0.05) is 24.9 Å². The van der Waals surface area contributed by atoms with E-state index in [1.807, 2.05) is 0 Å². The van der Waals surface area contributed by atoms with Crippen molar-refractivity contribution in [2.75, 3.05) is 11.9 Å². The van der Waals surface area contributed by atoms with Crippen LogP contribution in [-0.4, -0.2) is 39.8 Å². The molecule has 0 fully saturated rings. The number of carbonyl (C=O) groups is 3. The Morgan fingerprint density at radius 1 is 1.10 bits per heavy atom. The molecule has 1 amide bonds. The number of carbonyl (C=O) groups excluding carboxylic acids is 1. The number of pyridine rings is 1. The van der Waals surface area contributed by atoms with E-state index in [0.29, 0.717) is 24.5 Å². The highest BCUT2D eigenvalue weighted by Crippen LogP contribution is 2.13. The summed E-state index contributed by atoms with van der Waals surface area (Å²) in [6.45, 7) is 0.531. The Labute approximate surface area is 171 Å². The van der Waals surface area contributed by atoms with Crippen LogP contribution < -0.4 is 16.8 Å². The number of nitrogens with two attached hydrogens (primary N) is 2. The van der Waals surface area contributed by atoms with Gasteiger partial charge in [0.15, 0.2) is 0 Å². The number of halogens is 1. The van der Waals surface area contributed by atoms with Crippen LogP contribution in [0.1, 0.15) is 17.2 Å². The van der Waals surface area contributed by atoms with Crippen molar-refractivity contribution < 1.29 is 33.7 Å². The third-order valence-corrected chi connectivity index (χ3v) is 3.38. The minimum Gasteiger partial charge on any atom is -0.478 e. The van der Waals surface area contributed by atoms with Gasteiger partial charge < -0.3 is 31.7 Å². The van der Waals surface area contributed by atoms with E-state index in [0.717, 1.165) is 11.1 Å². The summed E-state index contributed by atoms with van der Waals surface area (Å²) in [5.74, 6) is -2.12. The van der Waals surface area contributed by atoms with E-state index in [1.165, 1.54) is 12.1 Å². The second kappa shape index (κ2) is 12.5. The first-order valence-electron chi connectivity index (χ1n) is 8.43. The zero-order valence-electron chi connectivity index (χ0n) is 15.7. The summed E-state index contributed by atoms with van der Waals surface area (Å²) in [7, 11) is 0. The summed E-state index contributed by atoms with van der Waals surface area (Å²) >= 11 is 0. The number of amides is 1. The van der Waals surface area contributed by atoms with Gasteiger partial charge in [0.1, 0.15) is 18.2 Å². The van der Waals surface area contributed by atoms with Crippen molar-refractivity contribution in [2.24, 2.45) is 11.5 Å². The normalized spacial score (nSPS) is 11.1. The number of ether oxygens (including phenoxy) is 1. The Morgan fingerprint density at radius 3 is 2.17 bits per heavy atom. The van der Waals surface area contributed by atoms with Gasteiger partial charge >= 0.3 is 18.0 Å². The van der Waals surface area contributed by atoms with Gasteiger partial charge in [0.05, 0.1) is 6.04 Å². The van der Waals surface area contributed by atoms with Crippen molar-refractivity contribution in [3.8, 4) is 0 Å². The molecule has 0 aliphatic heterocycles. The maximum Gasteiger partial charge on any atom is 0.404 e. The molecule has 2 rings (SSSR count). The number of carboxylic acid groups (broad SMARTS) is 2. The molecule has 0 spiro atoms. The van der Waals surface area contributed by atoms with Gasteiger partial charge in [-0.1, -0.05) is 18.2 Å². The molecule has 0 saturated carbocycles. The molecular weight excluding hydrogens is 399 g/mol. The summed E-state index contributed by atoms with van der Waals surface area (Å²) in [4.78, 5) is 33.9. The minimum absolute atomic E-state index is 0.000627. The highest BCUT2D eigenvalue weighted by Gasteiger charge is 2.08. The van der Waals surface area contributed by atoms with Crippen LogP contribution in [0.2, 0.25) is 0 Å². The number of hydrogen-bond acceptors (Lipinski definition) is 7. The van der Waals surface area contributed by atoms with Gasteiger partial charge in [0.2, 0.25) is 0 Å². The van der Waals surface area contributed by atoms with Gasteiger partial charge in [-0.25, -0.2) is 23.8 Å². The number of primary amides is 1. The van der Waals surface area contributed by atoms with Crippen LogP contribution in [0.25, 0.3) is 0 Å². The van der Waals surface area contributed by atoms with E-state index in [4.69, 9.17) is 21.7 Å². The lowest BCUT2D eigenvalue weighted by Gasteiger charge is -2.12. The first kappa shape index (κ1) is 24.0. The lowest BCUT2D eigenvalue weighted by Crippen LogP contribution is -2.22. The van der Waals surface area contributed by atoms with Crippen molar-refractivity contribution in [1.82, 2.24) is 4.98 Å². The summed E-state index contributed by atoms with van der Waals surface area (Å²) in [6, 6.07) is 9.29. The van der Waals surface area contributed by atoms with Crippen LogP contribution >= 0.6 is 0 Å². The first-order valence-corrected chi connectivity index (χ1v) is 8.43. The van der Waals surface area contributed by atoms with Crippen LogP contribution in [0.4, 0.5) is 15.0 Å². The highest BCUT2D eigenvalue weighted by molar-refractivity contribution is 5.89. The molecule has 1 atom stereocenters. The highest BCUT2D eigenvalue weighted by atomic mass is 19.1. The van der Waals surface area contributed by atoms with Gasteiger partial charge in [0.25, 0.3) is 0 Å². The van der Waals surface area contributed by atoms with Gasteiger partial charge in [-0.05, 0) is 29.3 Å². The molecule has 1 aromatic heterocycles. The molecule has 0 aliphatic rings. The van der Waals surface area contributed by atoms with E-state index in [9.17, 15) is 18.8 Å². The molecule has 160 valence electrons. The second-order valence-electron chi connectivity index (χ2n) is 5.70. The number of nitrogens with one attached hydrogen (secondary N) is 1. The lowest BCUT2D eigenvalue weighted by atomic mass is 10.1. The lowest BCUT2D eigenvalue weighted by molar-refractivity contribution is -0.134. The van der Waals surface area contributed by atoms with E-state index in [-0.39, 0.29) is 12.4 Å². The van der Waals surface area contributed by atoms with E-state index < -0.39 is 24.1 Å². The maximum atomic E-state index is 12.8. The topological polar surface area (TPSA) is 178 Å². The van der Waals surface area contributed by atoms with Gasteiger partial charge in [-0.15, -0.1) is 0 Å². The van der Waals surface area contributed by atoms with Crippen molar-refractivity contribution in [3.63, 3.8) is 0 Å². The molecule has 1 heterocycles. The smallest absolute Gasteiger partial charge is 0.404 e. The summed E-state index contributed by atoms with van der Waals surface area (Å²) in [6.07, 6.45) is 1.85. The number of nitrogens with zero attached hydrogens (tertiary/aromatic N) is 1. The molecule has 30 heavy (non-hydrogen) atoms. The number of anilines is 1. The number of hydrogen-bond donors (Lipinski definition) is 5. The Balaban J connectivity index is 0.000000479. The quantitative estimate of drug-likeness (QED) is 0.397. The third-order valence-electron chi connectivity index (χ3n) is 3.38. The third kappa shape index (κ3) is 10.4. The number of rotatable bonds is 8. The summed E-state index contributed by atoms with van der Waals surface area (Å²) in [5, 5.41) is 18.7. The molecule has 0 radical (unpaired) electrons. The second-order valence-corrected chi connectivity index (χ2v) is 5.70. The molecular formula is C19H21FN4O6. The molecule has 1 aromatic carbocycles. The number of benzene rings is 1. The monoisotopic (exact) mass is 420 g/mol. The zero-order valence-corrected chi connectivity index (χ0v) is 15.7. The van der Waals surface area contributed by atoms with Crippen molar-refractivity contribution >= 4 is 23.8 Å². The molecule has 0 bridgehead atoms. The summed E-state index contributed by atoms with van der Waals surface area (Å²) < 4.78 is 17.4. The van der Waals surface area contributed by atoms with Crippen LogP contribution in [0.3, 0.4) is 0 Å². The van der Waals surface area contributed by atoms with Crippen LogP contribution in [0, 0.1) is 5.82 Å². The molecule has 7 N–H and O–H groups in total. The zero-order chi connectivity index (χ0) is 22.5. The SMILES string of the molecule is NC(=O)OCC(N)c1ccc(NCc2ccc(F)cc2)nc1.O=C(O)/C=C\C(=O)O. The van der Waals surface area contributed by atoms with Gasteiger partial charge in [-0.3, -0.25) is 0 Å². The van der Waals surface area contributed by atoms with Crippen LogP contribution in [0.15, 0.2) is 54.7 Å². The fraction of sp³-hybridized carbons (Fsp3) is 0.158. The van der Waals surface area contributed by atoms with Crippen LogP contribution in [-0.2, 0) is 20.9 Å². The fourth-order valence-electron chi connectivity index (χ4n) is 1.93. The Bertz CT molecular complexity index is 856. The molecule has 10 nitrogen and oxygen atoms in total. The van der Waals surface area contributed by atoms with Crippen molar-refractivity contribution in [2.45, 2.75) is 12.6 Å². The first-order chi connectivity index (χ1) is 14.2. The average molecular weight is 420 g/mol. The molecule has 1 unspecified atom stereocenters. The predicted molar refractivity (Wildman–Crippen MR) is 105 cm³/mol. The Hall–Kier alpha value is -3.99. The average Bonchev–Trinajstić information content (AvgIpc) is 2.71. The maximum absolute atomic E-state index is 12.8. The Morgan fingerprint density at radius 2 is 1.70 bits per heavy atom. The minimum atomic E-state index is -1.26. The molecule has 0 aliphatic carbocycles. The Kier molecular flexibility index (Phi) is 9.99. The molecule has 0 saturated heterocycles. The van der Waals surface area contributed by atoms with Gasteiger partial charge in [-0.2, -0.15) is 0 Å². The van der Waals surface area contributed by atoms with Crippen LogP contribution in [0.5, 0.6) is 0 Å². The number of carboxylic acids is 2. The predicted octanol–water partition coefficient (Wildman–Crippen LogP) is 1.64. The number of aromatic nitrogens is 1. The van der Waals surface area contributed by atoms with Crippen molar-refractivity contribution in [3.05, 3.63) is 71.7 Å². The standard InChI is InChI=1S/C15H17FN4O2.C4H4O4/c16-12-4-1-10(2-5-12)7-19-14-6-3-11(8-20-14)13(17)9-22-15(18)21;5-3(6)1-2-4(7)8/h1-6,8,13H,7,9,17H2,(H2,18,21)(H,19,20);1-2H,(H,5,6)(H,7,8)/b;2-1-. The number of aliphatic carboxylic acids is 2. The van der Waals surface area contributed by atoms with E-state index in [1.54, 1.807) is 30.5 Å². The summed E-state index contributed by atoms with van der Waals surface area (Å²) in [5.41, 5.74) is 12.4.